The lowest BCUT2D eigenvalue weighted by Gasteiger charge is -2.18. The monoisotopic (exact) mass is 376 g/mol. The number of aryl methyl sites for hydroxylation is 1. The molecule has 0 bridgehead atoms. The second-order valence-electron chi connectivity index (χ2n) is 7.48. The summed E-state index contributed by atoms with van der Waals surface area (Å²) >= 11 is 1.49. The number of anilines is 1. The maximum Gasteiger partial charge on any atom is 0.250 e. The zero-order chi connectivity index (χ0) is 19.4. The van der Waals surface area contributed by atoms with Crippen molar-refractivity contribution in [1.29, 1.82) is 0 Å². The average molecular weight is 377 g/mol. The number of carbonyl (C=O) groups is 1. The quantitative estimate of drug-likeness (QED) is 0.562. The minimum Gasteiger partial charge on any atom is -0.298 e. The minimum atomic E-state index is -0.178. The molecule has 1 heterocycles. The van der Waals surface area contributed by atoms with Gasteiger partial charge in [0.1, 0.15) is 0 Å². The molecule has 0 aliphatic heterocycles. The van der Waals surface area contributed by atoms with E-state index in [-0.39, 0.29) is 11.3 Å². The molecule has 0 atom stereocenters. The van der Waals surface area contributed by atoms with E-state index in [4.69, 9.17) is 0 Å². The molecule has 3 nitrogen and oxygen atoms in total. The van der Waals surface area contributed by atoms with Crippen molar-refractivity contribution < 1.29 is 4.79 Å². The molecule has 0 saturated carbocycles. The van der Waals surface area contributed by atoms with E-state index in [1.165, 1.54) is 16.9 Å². The molecule has 1 amide bonds. The molecule has 0 saturated heterocycles. The van der Waals surface area contributed by atoms with Crippen LogP contribution in [0.1, 0.15) is 36.8 Å². The van der Waals surface area contributed by atoms with Crippen LogP contribution < -0.4 is 5.32 Å². The van der Waals surface area contributed by atoms with Crippen LogP contribution in [0.3, 0.4) is 0 Å². The Balaban J connectivity index is 1.67. The Morgan fingerprint density at radius 1 is 1.04 bits per heavy atom. The molecule has 0 aliphatic carbocycles. The molecule has 0 aliphatic rings. The maximum absolute atomic E-state index is 12.2. The molecule has 138 valence electrons. The number of benzene rings is 2. The van der Waals surface area contributed by atoms with Gasteiger partial charge in [-0.2, -0.15) is 0 Å². The molecule has 27 heavy (non-hydrogen) atoms. The second-order valence-corrected chi connectivity index (χ2v) is 8.69. The third-order valence-electron chi connectivity index (χ3n) is 4.28. The van der Waals surface area contributed by atoms with Crippen molar-refractivity contribution in [2.24, 2.45) is 0 Å². The second kappa shape index (κ2) is 7.89. The topological polar surface area (TPSA) is 42.0 Å². The first kappa shape index (κ1) is 19.1. The highest BCUT2D eigenvalue weighted by molar-refractivity contribution is 7.16. The highest BCUT2D eigenvalue weighted by Crippen LogP contribution is 2.30. The molecular weight excluding hydrogens is 352 g/mol. The van der Waals surface area contributed by atoms with Crippen LogP contribution in [-0.4, -0.2) is 10.9 Å². The fraction of sp³-hybridized carbons (Fsp3) is 0.217. The first-order valence-electron chi connectivity index (χ1n) is 8.95. The van der Waals surface area contributed by atoms with Gasteiger partial charge in [0.25, 0.3) is 0 Å². The number of nitrogens with zero attached hydrogens (tertiary/aromatic N) is 1. The van der Waals surface area contributed by atoms with Crippen LogP contribution in [0.25, 0.3) is 17.3 Å². The van der Waals surface area contributed by atoms with Gasteiger partial charge in [-0.15, -0.1) is 11.3 Å². The van der Waals surface area contributed by atoms with Gasteiger partial charge in [0, 0.05) is 16.5 Å². The van der Waals surface area contributed by atoms with Crippen LogP contribution in [0.15, 0.2) is 60.7 Å². The number of rotatable bonds is 4. The van der Waals surface area contributed by atoms with Crippen molar-refractivity contribution >= 4 is 28.5 Å². The fourth-order valence-electron chi connectivity index (χ4n) is 2.73. The smallest absolute Gasteiger partial charge is 0.250 e. The summed E-state index contributed by atoms with van der Waals surface area (Å²) in [7, 11) is 0. The van der Waals surface area contributed by atoms with E-state index in [1.54, 1.807) is 6.08 Å². The van der Waals surface area contributed by atoms with Crippen LogP contribution in [0.2, 0.25) is 0 Å². The number of aromatic nitrogens is 1. The Kier molecular flexibility index (Phi) is 5.57. The maximum atomic E-state index is 12.2. The van der Waals surface area contributed by atoms with Gasteiger partial charge in [0.15, 0.2) is 5.13 Å². The number of hydrogen-bond donors (Lipinski definition) is 1. The number of nitrogens with one attached hydrogen (secondary N) is 1. The summed E-state index contributed by atoms with van der Waals surface area (Å²) in [5, 5.41) is 3.48. The summed E-state index contributed by atoms with van der Waals surface area (Å²) in [5.74, 6) is -0.178. The lowest BCUT2D eigenvalue weighted by Crippen LogP contribution is -2.10. The third kappa shape index (κ3) is 4.92. The summed E-state index contributed by atoms with van der Waals surface area (Å²) < 4.78 is 0. The summed E-state index contributed by atoms with van der Waals surface area (Å²) in [4.78, 5) is 17.9. The van der Waals surface area contributed by atoms with Crippen LogP contribution in [0.4, 0.5) is 5.13 Å². The first-order valence-corrected chi connectivity index (χ1v) is 9.77. The van der Waals surface area contributed by atoms with E-state index in [9.17, 15) is 4.79 Å². The molecule has 3 aromatic rings. The van der Waals surface area contributed by atoms with Crippen molar-refractivity contribution in [3.63, 3.8) is 0 Å². The van der Waals surface area contributed by atoms with Gasteiger partial charge in [0.2, 0.25) is 5.91 Å². The predicted molar refractivity (Wildman–Crippen MR) is 115 cm³/mol. The van der Waals surface area contributed by atoms with Crippen LogP contribution in [0.5, 0.6) is 0 Å². The van der Waals surface area contributed by atoms with E-state index in [0.29, 0.717) is 5.13 Å². The highest BCUT2D eigenvalue weighted by atomic mass is 32.1. The molecule has 0 radical (unpaired) electrons. The third-order valence-corrected chi connectivity index (χ3v) is 5.16. The zero-order valence-electron chi connectivity index (χ0n) is 16.1. The first-order chi connectivity index (χ1) is 12.8. The van der Waals surface area contributed by atoms with Crippen molar-refractivity contribution in [3.05, 3.63) is 76.7 Å². The Morgan fingerprint density at radius 2 is 1.70 bits per heavy atom. The van der Waals surface area contributed by atoms with Gasteiger partial charge in [-0.05, 0) is 29.5 Å². The number of carbonyl (C=O) groups excluding carboxylic acids is 1. The van der Waals surface area contributed by atoms with E-state index >= 15 is 0 Å². The normalized spacial score (nSPS) is 11.7. The number of amides is 1. The van der Waals surface area contributed by atoms with Crippen molar-refractivity contribution in [3.8, 4) is 11.3 Å². The molecule has 0 fully saturated rings. The molecule has 3 rings (SSSR count). The Hall–Kier alpha value is -2.72. The summed E-state index contributed by atoms with van der Waals surface area (Å²) in [6, 6.07) is 18.3. The van der Waals surface area contributed by atoms with Crippen LogP contribution in [-0.2, 0) is 10.2 Å². The molecule has 1 N–H and O–H groups in total. The van der Waals surface area contributed by atoms with E-state index in [0.717, 1.165) is 21.7 Å². The largest absolute Gasteiger partial charge is 0.298 e. The highest BCUT2D eigenvalue weighted by Gasteiger charge is 2.13. The standard InChI is InChI=1S/C23H24N2OS/c1-16-21(18-8-6-5-7-9-18)25-22(27-16)24-20(26)15-12-17-10-13-19(14-11-17)23(2,3)4/h5-15H,1-4H3,(H,24,25,26). The SMILES string of the molecule is Cc1sc(NC(=O)C=Cc2ccc(C(C)(C)C)cc2)nc1-c1ccccc1. The lowest BCUT2D eigenvalue weighted by atomic mass is 9.87. The Labute approximate surface area is 164 Å². The van der Waals surface area contributed by atoms with Crippen molar-refractivity contribution in [2.75, 3.05) is 5.32 Å². The molecule has 4 heteroatoms. The molecule has 0 spiro atoms. The van der Waals surface area contributed by atoms with Gasteiger partial charge >= 0.3 is 0 Å². The Bertz CT molecular complexity index is 948. The molecular formula is C23H24N2OS. The van der Waals surface area contributed by atoms with E-state index < -0.39 is 0 Å². The molecule has 0 unspecified atom stereocenters. The van der Waals surface area contributed by atoms with Crippen molar-refractivity contribution in [2.45, 2.75) is 33.1 Å². The minimum absolute atomic E-state index is 0.124. The van der Waals surface area contributed by atoms with Gasteiger partial charge < -0.3 is 0 Å². The van der Waals surface area contributed by atoms with Crippen molar-refractivity contribution in [1.82, 2.24) is 4.98 Å². The predicted octanol–water partition coefficient (Wildman–Crippen LogP) is 6.07. The van der Waals surface area contributed by atoms with Crippen LogP contribution >= 0.6 is 11.3 Å². The van der Waals surface area contributed by atoms with E-state index in [1.807, 2.05) is 55.5 Å². The van der Waals surface area contributed by atoms with Crippen LogP contribution in [0, 0.1) is 6.92 Å². The molecule has 2 aromatic carbocycles. The average Bonchev–Trinajstić information content (AvgIpc) is 3.00. The molecule has 1 aromatic heterocycles. The van der Waals surface area contributed by atoms with Gasteiger partial charge in [-0.3, -0.25) is 10.1 Å². The zero-order valence-corrected chi connectivity index (χ0v) is 16.9. The lowest BCUT2D eigenvalue weighted by molar-refractivity contribution is -0.111. The number of hydrogen-bond acceptors (Lipinski definition) is 3. The summed E-state index contributed by atoms with van der Waals surface area (Å²) in [6.07, 6.45) is 3.37. The fourth-order valence-corrected chi connectivity index (χ4v) is 3.57. The summed E-state index contributed by atoms with van der Waals surface area (Å²) in [6.45, 7) is 8.57. The summed E-state index contributed by atoms with van der Waals surface area (Å²) in [5.41, 5.74) is 4.37. The van der Waals surface area contributed by atoms with E-state index in [2.05, 4.69) is 43.2 Å². The van der Waals surface area contributed by atoms with Gasteiger partial charge in [0.05, 0.1) is 5.69 Å². The van der Waals surface area contributed by atoms with Gasteiger partial charge in [-0.25, -0.2) is 4.98 Å². The van der Waals surface area contributed by atoms with Gasteiger partial charge in [-0.1, -0.05) is 75.4 Å². The Morgan fingerprint density at radius 3 is 2.33 bits per heavy atom. The number of thiazole rings is 1.